The second kappa shape index (κ2) is 4.45. The Hall–Kier alpha value is -1.10. The van der Waals surface area contributed by atoms with Crippen LogP contribution in [0.1, 0.15) is 32.1 Å². The summed E-state index contributed by atoms with van der Waals surface area (Å²) in [6.45, 7) is 4.46. The molecule has 1 aliphatic carbocycles. The third kappa shape index (κ3) is 2.12. The van der Waals surface area contributed by atoms with E-state index in [1.807, 2.05) is 0 Å². The first-order valence-corrected chi connectivity index (χ1v) is 7.93. The predicted octanol–water partition coefficient (Wildman–Crippen LogP) is 0.209. The van der Waals surface area contributed by atoms with Crippen LogP contribution in [0.25, 0.3) is 0 Å². The fourth-order valence-corrected chi connectivity index (χ4v) is 5.12. The van der Waals surface area contributed by atoms with E-state index >= 15 is 0 Å². The van der Waals surface area contributed by atoms with Gasteiger partial charge in [-0.05, 0) is 37.5 Å². The number of piperidine rings is 3. The van der Waals surface area contributed by atoms with E-state index in [0.29, 0.717) is 6.42 Å². The molecule has 110 valence electrons. The zero-order chi connectivity index (χ0) is 13.7. The Morgan fingerprint density at radius 2 is 2.05 bits per heavy atom. The van der Waals surface area contributed by atoms with E-state index in [1.165, 1.54) is 19.5 Å². The molecule has 2 amide bonds. The van der Waals surface area contributed by atoms with Crippen LogP contribution in [0.3, 0.4) is 0 Å². The first-order valence-electron chi connectivity index (χ1n) is 7.93. The number of carbonyl (C=O) groups is 2. The summed E-state index contributed by atoms with van der Waals surface area (Å²) in [4.78, 5) is 28.1. The van der Waals surface area contributed by atoms with Gasteiger partial charge < -0.3 is 15.1 Å². The Kier molecular flexibility index (Phi) is 2.81. The van der Waals surface area contributed by atoms with Crippen LogP contribution in [-0.4, -0.2) is 59.9 Å². The van der Waals surface area contributed by atoms with Crippen LogP contribution < -0.4 is 5.32 Å². The van der Waals surface area contributed by atoms with Crippen molar-refractivity contribution >= 4 is 11.8 Å². The Bertz CT molecular complexity index is 413. The van der Waals surface area contributed by atoms with Gasteiger partial charge in [0.25, 0.3) is 0 Å². The predicted molar refractivity (Wildman–Crippen MR) is 74.0 cm³/mol. The maximum absolute atomic E-state index is 12.3. The fraction of sp³-hybridized carbons (Fsp3) is 0.867. The molecule has 4 bridgehead atoms. The Balaban J connectivity index is 1.41. The van der Waals surface area contributed by atoms with Crippen molar-refractivity contribution in [3.05, 3.63) is 0 Å². The highest BCUT2D eigenvalue weighted by molar-refractivity contribution is 5.86. The molecular formula is C15H23N3O2. The van der Waals surface area contributed by atoms with Gasteiger partial charge in [0.2, 0.25) is 11.8 Å². The molecule has 5 heteroatoms. The van der Waals surface area contributed by atoms with Gasteiger partial charge in [0.05, 0.1) is 12.1 Å². The van der Waals surface area contributed by atoms with E-state index in [2.05, 4.69) is 10.2 Å². The maximum Gasteiger partial charge on any atom is 0.240 e. The molecule has 5 fully saturated rings. The molecule has 5 aliphatic rings. The number of hydrogen-bond donors (Lipinski definition) is 1. The second-order valence-corrected chi connectivity index (χ2v) is 7.32. The molecule has 20 heavy (non-hydrogen) atoms. The largest absolute Gasteiger partial charge is 0.348 e. The number of nitrogens with one attached hydrogen (secondary N) is 1. The van der Waals surface area contributed by atoms with Gasteiger partial charge in [0, 0.05) is 32.6 Å². The van der Waals surface area contributed by atoms with Gasteiger partial charge >= 0.3 is 0 Å². The Morgan fingerprint density at radius 1 is 1.30 bits per heavy atom. The van der Waals surface area contributed by atoms with Crippen molar-refractivity contribution in [2.45, 2.75) is 37.6 Å². The molecular weight excluding hydrogens is 254 g/mol. The molecule has 0 unspecified atom stereocenters. The van der Waals surface area contributed by atoms with Crippen molar-refractivity contribution in [1.82, 2.24) is 15.1 Å². The van der Waals surface area contributed by atoms with Gasteiger partial charge in [-0.25, -0.2) is 0 Å². The maximum atomic E-state index is 12.3. The molecule has 4 atom stereocenters. The van der Waals surface area contributed by atoms with Crippen molar-refractivity contribution in [3.63, 3.8) is 0 Å². The third-order valence-corrected chi connectivity index (χ3v) is 5.49. The summed E-state index contributed by atoms with van der Waals surface area (Å²) in [5.74, 6) is 1.72. The smallest absolute Gasteiger partial charge is 0.240 e. The van der Waals surface area contributed by atoms with Crippen molar-refractivity contribution in [1.29, 1.82) is 0 Å². The first kappa shape index (κ1) is 12.6. The average molecular weight is 277 g/mol. The minimum Gasteiger partial charge on any atom is -0.348 e. The van der Waals surface area contributed by atoms with E-state index in [-0.39, 0.29) is 23.9 Å². The molecule has 4 heterocycles. The zero-order valence-corrected chi connectivity index (χ0v) is 11.9. The van der Waals surface area contributed by atoms with Gasteiger partial charge in [0.1, 0.15) is 0 Å². The van der Waals surface area contributed by atoms with Gasteiger partial charge in [-0.15, -0.1) is 0 Å². The van der Waals surface area contributed by atoms with Gasteiger partial charge in [-0.3, -0.25) is 9.59 Å². The van der Waals surface area contributed by atoms with Crippen LogP contribution in [0.5, 0.6) is 0 Å². The van der Waals surface area contributed by atoms with E-state index in [1.54, 1.807) is 4.90 Å². The quantitative estimate of drug-likeness (QED) is 0.802. The number of amides is 2. The van der Waals surface area contributed by atoms with Crippen LogP contribution in [0.2, 0.25) is 0 Å². The molecule has 4 aliphatic heterocycles. The van der Waals surface area contributed by atoms with E-state index in [0.717, 1.165) is 44.2 Å². The Morgan fingerprint density at radius 3 is 2.65 bits per heavy atom. The van der Waals surface area contributed by atoms with Crippen molar-refractivity contribution in [2.24, 2.45) is 11.8 Å². The number of likely N-dealkylation sites (tertiary alicyclic amines) is 1. The van der Waals surface area contributed by atoms with Crippen molar-refractivity contribution in [3.8, 4) is 0 Å². The monoisotopic (exact) mass is 277 g/mol. The van der Waals surface area contributed by atoms with Crippen molar-refractivity contribution in [2.75, 3.05) is 32.7 Å². The lowest BCUT2D eigenvalue weighted by Gasteiger charge is -2.58. The van der Waals surface area contributed by atoms with Gasteiger partial charge in [-0.1, -0.05) is 0 Å². The highest BCUT2D eigenvalue weighted by Crippen LogP contribution is 2.45. The number of carbonyl (C=O) groups excluding carboxylic acids is 2. The molecule has 5 nitrogen and oxygen atoms in total. The lowest BCUT2D eigenvalue weighted by Crippen LogP contribution is -2.69. The third-order valence-electron chi connectivity index (χ3n) is 5.49. The zero-order valence-electron chi connectivity index (χ0n) is 11.9. The first-order chi connectivity index (χ1) is 9.62. The lowest BCUT2D eigenvalue weighted by atomic mass is 9.64. The average Bonchev–Trinajstić information content (AvgIpc) is 2.72. The summed E-state index contributed by atoms with van der Waals surface area (Å²) in [5, 5.41) is 3.30. The van der Waals surface area contributed by atoms with Gasteiger partial charge in [-0.2, -0.15) is 0 Å². The molecule has 1 saturated carbocycles. The van der Waals surface area contributed by atoms with Gasteiger partial charge in [0.15, 0.2) is 0 Å². The minimum atomic E-state index is 0.00391. The van der Waals surface area contributed by atoms with Crippen molar-refractivity contribution < 1.29 is 9.59 Å². The highest BCUT2D eigenvalue weighted by Gasteiger charge is 2.50. The minimum absolute atomic E-state index is 0.00391. The van der Waals surface area contributed by atoms with Crippen LogP contribution in [0.15, 0.2) is 0 Å². The molecule has 0 aromatic rings. The summed E-state index contributed by atoms with van der Waals surface area (Å²) in [7, 11) is 0. The summed E-state index contributed by atoms with van der Waals surface area (Å²) < 4.78 is 0. The van der Waals surface area contributed by atoms with E-state index in [4.69, 9.17) is 0 Å². The molecule has 1 N–H and O–H groups in total. The molecule has 0 radical (unpaired) electrons. The second-order valence-electron chi connectivity index (χ2n) is 7.32. The highest BCUT2D eigenvalue weighted by atomic mass is 16.2. The molecule has 0 aromatic carbocycles. The topological polar surface area (TPSA) is 52.7 Å². The molecule has 5 rings (SSSR count). The summed E-state index contributed by atoms with van der Waals surface area (Å²) in [5.41, 5.74) is 0.00391. The standard InChI is InChI=1S/C15H23N3O2/c19-13(9-18-3-1-2-14(18)20)16-15-5-11-4-12(6-15)8-17(7-11)10-15/h11-12H,1-10H2,(H,16,19)/t11-,12+,15+. The van der Waals surface area contributed by atoms with Crippen LogP contribution in [-0.2, 0) is 9.59 Å². The summed E-state index contributed by atoms with van der Waals surface area (Å²) >= 11 is 0. The fourth-order valence-electron chi connectivity index (χ4n) is 5.12. The summed E-state index contributed by atoms with van der Waals surface area (Å²) in [6.07, 6.45) is 5.13. The lowest BCUT2D eigenvalue weighted by molar-refractivity contribution is -0.136. The van der Waals surface area contributed by atoms with Crippen LogP contribution >= 0.6 is 0 Å². The molecule has 0 spiro atoms. The number of rotatable bonds is 3. The van der Waals surface area contributed by atoms with E-state index < -0.39 is 0 Å². The van der Waals surface area contributed by atoms with Crippen LogP contribution in [0, 0.1) is 11.8 Å². The van der Waals surface area contributed by atoms with E-state index in [9.17, 15) is 9.59 Å². The Labute approximate surface area is 119 Å². The SMILES string of the molecule is O=C(CN1CCCC1=O)N[C@@]12C[C@@H]3C[C@@H](C[N@](C3)C1)C2. The normalized spacial score (nSPS) is 42.3. The molecule has 4 saturated heterocycles. The number of hydrogen-bond acceptors (Lipinski definition) is 3. The number of nitrogens with zero attached hydrogens (tertiary/aromatic N) is 2. The summed E-state index contributed by atoms with van der Waals surface area (Å²) in [6, 6.07) is 0. The van der Waals surface area contributed by atoms with Crippen LogP contribution in [0.4, 0.5) is 0 Å². The molecule has 0 aromatic heterocycles.